The largest absolute Gasteiger partial charge is 0.274 e. The zero-order chi connectivity index (χ0) is 28.3. The number of hydrogen-bond acceptors (Lipinski definition) is 7. The summed E-state index contributed by atoms with van der Waals surface area (Å²) in [4.78, 5) is 57.8. The minimum atomic E-state index is -0.431. The monoisotopic (exact) mass is 596 g/mol. The van der Waals surface area contributed by atoms with Crippen LogP contribution >= 0.6 is 35.3 Å². The summed E-state index contributed by atoms with van der Waals surface area (Å²) in [5.74, 6) is -0.796. The molecule has 4 amide bonds. The van der Waals surface area contributed by atoms with Gasteiger partial charge in [-0.05, 0) is 72.8 Å². The van der Waals surface area contributed by atoms with Crippen LogP contribution in [0.15, 0.2) is 129 Å². The van der Waals surface area contributed by atoms with Crippen molar-refractivity contribution in [1.82, 2.24) is 0 Å². The second-order valence-electron chi connectivity index (χ2n) is 9.47. The van der Waals surface area contributed by atoms with Gasteiger partial charge in [-0.2, -0.15) is 0 Å². The molecule has 2 fully saturated rings. The third-order valence-electron chi connectivity index (χ3n) is 6.68. The van der Waals surface area contributed by atoms with Gasteiger partial charge >= 0.3 is 0 Å². The van der Waals surface area contributed by atoms with Gasteiger partial charge in [0.2, 0.25) is 23.6 Å². The quantitative estimate of drug-likeness (QED) is 0.210. The van der Waals surface area contributed by atoms with Gasteiger partial charge in [-0.1, -0.05) is 48.2 Å². The third kappa shape index (κ3) is 5.98. The van der Waals surface area contributed by atoms with Gasteiger partial charge < -0.3 is 0 Å². The van der Waals surface area contributed by atoms with E-state index in [0.29, 0.717) is 11.4 Å². The fourth-order valence-electron chi connectivity index (χ4n) is 4.72. The number of carbonyl (C=O) groups excluding carboxylic acids is 4. The van der Waals surface area contributed by atoms with E-state index in [9.17, 15) is 19.2 Å². The lowest BCUT2D eigenvalue weighted by Crippen LogP contribution is -2.31. The Morgan fingerprint density at radius 2 is 0.829 bits per heavy atom. The summed E-state index contributed by atoms with van der Waals surface area (Å²) < 4.78 is 0. The van der Waals surface area contributed by atoms with Gasteiger partial charge in [0, 0.05) is 32.4 Å². The number of hydrogen-bond donors (Lipinski definition) is 0. The van der Waals surface area contributed by atoms with E-state index in [4.69, 9.17) is 0 Å². The number of anilines is 2. The van der Waals surface area contributed by atoms with Crippen LogP contribution in [-0.4, -0.2) is 34.1 Å². The molecule has 2 aliphatic heterocycles. The van der Waals surface area contributed by atoms with Crippen LogP contribution in [0.3, 0.4) is 0 Å². The molecule has 0 bridgehead atoms. The summed E-state index contributed by atoms with van der Waals surface area (Å²) in [6.45, 7) is 0. The zero-order valence-electron chi connectivity index (χ0n) is 21.7. The van der Waals surface area contributed by atoms with Crippen molar-refractivity contribution in [2.24, 2.45) is 0 Å². The maximum absolute atomic E-state index is 13.0. The number of nitrogens with zero attached hydrogens (tertiary/aromatic N) is 2. The van der Waals surface area contributed by atoms with Crippen molar-refractivity contribution in [3.63, 3.8) is 0 Å². The van der Waals surface area contributed by atoms with Crippen LogP contribution in [0, 0.1) is 0 Å². The first-order valence-corrected chi connectivity index (χ1v) is 15.6. The van der Waals surface area contributed by atoms with Crippen molar-refractivity contribution in [1.29, 1.82) is 0 Å². The smallest absolute Gasteiger partial charge is 0.247 e. The Balaban J connectivity index is 1.08. The number of rotatable bonds is 8. The van der Waals surface area contributed by atoms with Crippen LogP contribution in [0.25, 0.3) is 0 Å². The van der Waals surface area contributed by atoms with Crippen LogP contribution in [0.1, 0.15) is 12.8 Å². The molecule has 0 aliphatic carbocycles. The van der Waals surface area contributed by atoms with Crippen molar-refractivity contribution < 1.29 is 19.2 Å². The normalized spacial score (nSPS) is 18.9. The van der Waals surface area contributed by atoms with Gasteiger partial charge in [0.1, 0.15) is 0 Å². The fraction of sp³-hybridized carbons (Fsp3) is 0.125. The second kappa shape index (κ2) is 12.0. The molecule has 4 aromatic carbocycles. The minimum Gasteiger partial charge on any atom is -0.274 e. The lowest BCUT2D eigenvalue weighted by atomic mass is 10.3. The minimum absolute atomic E-state index is 0.176. The van der Waals surface area contributed by atoms with E-state index in [2.05, 4.69) is 0 Å². The molecule has 2 atom stereocenters. The Hall–Kier alpha value is -3.79. The molecule has 2 unspecified atom stereocenters. The summed E-state index contributed by atoms with van der Waals surface area (Å²) >= 11 is 4.34. The van der Waals surface area contributed by atoms with Crippen LogP contribution < -0.4 is 9.80 Å². The highest BCUT2D eigenvalue weighted by molar-refractivity contribution is 8.01. The van der Waals surface area contributed by atoms with Crippen molar-refractivity contribution >= 4 is 70.3 Å². The molecule has 9 heteroatoms. The highest BCUT2D eigenvalue weighted by Crippen LogP contribution is 2.37. The first kappa shape index (κ1) is 27.4. The predicted octanol–water partition coefficient (Wildman–Crippen LogP) is 6.69. The molecule has 0 radical (unpaired) electrons. The molecule has 2 saturated heterocycles. The van der Waals surface area contributed by atoms with E-state index >= 15 is 0 Å². The molecule has 6 nitrogen and oxygen atoms in total. The zero-order valence-corrected chi connectivity index (χ0v) is 24.2. The Kier molecular flexibility index (Phi) is 8.00. The maximum Gasteiger partial charge on any atom is 0.247 e. The number of benzene rings is 4. The Bertz CT molecular complexity index is 1480. The van der Waals surface area contributed by atoms with E-state index in [-0.39, 0.29) is 36.5 Å². The molecule has 4 aromatic rings. The molecule has 204 valence electrons. The van der Waals surface area contributed by atoms with Gasteiger partial charge in [-0.3, -0.25) is 19.2 Å². The van der Waals surface area contributed by atoms with Crippen LogP contribution in [-0.2, 0) is 19.2 Å². The van der Waals surface area contributed by atoms with E-state index < -0.39 is 10.5 Å². The van der Waals surface area contributed by atoms with Crippen molar-refractivity contribution in [3.05, 3.63) is 109 Å². The highest BCUT2D eigenvalue weighted by atomic mass is 32.2. The second-order valence-corrected chi connectivity index (χ2v) is 13.2. The Morgan fingerprint density at radius 1 is 0.463 bits per heavy atom. The molecule has 0 saturated carbocycles. The molecule has 6 rings (SSSR count). The van der Waals surface area contributed by atoms with E-state index in [1.165, 1.54) is 45.1 Å². The Morgan fingerprint density at radius 3 is 1.20 bits per heavy atom. The van der Waals surface area contributed by atoms with Crippen molar-refractivity contribution in [3.8, 4) is 0 Å². The summed E-state index contributed by atoms with van der Waals surface area (Å²) in [7, 11) is 0. The third-order valence-corrected chi connectivity index (χ3v) is 10.1. The molecular formula is C32H24N2O4S3. The standard InChI is InChI=1S/C32H24N2O4S3/c35-29-19-27(40-23-7-3-1-4-8-23)31(37)33(29)21-11-15-25(16-12-21)39-26-17-13-22(14-18-26)34-30(36)20-28(32(34)38)41-24-9-5-2-6-10-24/h1-18,27-28H,19-20H2. The molecule has 41 heavy (non-hydrogen) atoms. The van der Waals surface area contributed by atoms with E-state index in [1.807, 2.05) is 84.9 Å². The first-order valence-electron chi connectivity index (χ1n) is 13.0. The Labute approximate surface area is 250 Å². The molecule has 0 N–H and O–H groups in total. The lowest BCUT2D eigenvalue weighted by molar-refractivity contribution is -0.122. The number of carbonyl (C=O) groups is 4. The van der Waals surface area contributed by atoms with Crippen molar-refractivity contribution in [2.45, 2.75) is 42.9 Å². The van der Waals surface area contributed by atoms with Gasteiger partial charge in [-0.25, -0.2) is 9.80 Å². The predicted molar refractivity (Wildman–Crippen MR) is 163 cm³/mol. The average molecular weight is 597 g/mol. The average Bonchev–Trinajstić information content (AvgIpc) is 3.43. The van der Waals surface area contributed by atoms with Gasteiger partial charge in [0.25, 0.3) is 0 Å². The summed E-state index contributed by atoms with van der Waals surface area (Å²) in [5, 5.41) is -0.863. The highest BCUT2D eigenvalue weighted by Gasteiger charge is 2.41. The van der Waals surface area contributed by atoms with Crippen LogP contribution in [0.4, 0.5) is 11.4 Å². The number of thioether (sulfide) groups is 2. The maximum atomic E-state index is 13.0. The summed E-state index contributed by atoms with van der Waals surface area (Å²) in [6.07, 6.45) is 0.351. The van der Waals surface area contributed by atoms with E-state index in [1.54, 1.807) is 24.3 Å². The van der Waals surface area contributed by atoms with Gasteiger partial charge in [0.15, 0.2) is 0 Å². The molecule has 2 heterocycles. The number of amides is 4. The molecular weight excluding hydrogens is 573 g/mol. The SMILES string of the molecule is O=C1CC(Sc2ccccc2)C(=O)N1c1ccc(Sc2ccc(N3C(=O)CC(Sc4ccccc4)C3=O)cc2)cc1. The fourth-order valence-corrected chi connectivity index (χ4v) is 7.69. The topological polar surface area (TPSA) is 74.8 Å². The van der Waals surface area contributed by atoms with Crippen LogP contribution in [0.5, 0.6) is 0 Å². The first-order chi connectivity index (χ1) is 20.0. The molecule has 0 spiro atoms. The van der Waals surface area contributed by atoms with Gasteiger partial charge in [-0.15, -0.1) is 23.5 Å². The summed E-state index contributed by atoms with van der Waals surface area (Å²) in [6, 6.07) is 33.9. The van der Waals surface area contributed by atoms with Gasteiger partial charge in [0.05, 0.1) is 21.9 Å². The molecule has 0 aromatic heterocycles. The molecule has 2 aliphatic rings. The lowest BCUT2D eigenvalue weighted by Gasteiger charge is -2.16. The van der Waals surface area contributed by atoms with Crippen molar-refractivity contribution in [2.75, 3.05) is 9.80 Å². The number of imide groups is 2. The van der Waals surface area contributed by atoms with E-state index in [0.717, 1.165) is 19.6 Å². The summed E-state index contributed by atoms with van der Waals surface area (Å²) in [5.41, 5.74) is 1.12. The van der Waals surface area contributed by atoms with Crippen LogP contribution in [0.2, 0.25) is 0 Å².